The number of hydrogen-bond donors (Lipinski definition) is 3. The van der Waals surface area contributed by atoms with Gasteiger partial charge in [-0.05, 0) is 37.6 Å². The maximum absolute atomic E-state index is 4.49. The second kappa shape index (κ2) is 4.14. The first kappa shape index (κ1) is 9.66. The lowest BCUT2D eigenvalue weighted by Crippen LogP contribution is -2.17. The minimum Gasteiger partial charge on any atom is -0.355 e. The van der Waals surface area contributed by atoms with Crippen LogP contribution in [-0.4, -0.2) is 29.6 Å². The highest BCUT2D eigenvalue weighted by Crippen LogP contribution is 2.14. The summed E-state index contributed by atoms with van der Waals surface area (Å²) in [5.74, 6) is 1.61. The Morgan fingerprint density at radius 3 is 3.12 bits per heavy atom. The monoisotopic (exact) mass is 216 g/mol. The predicted molar refractivity (Wildman–Crippen MR) is 65.6 cm³/mol. The summed E-state index contributed by atoms with van der Waals surface area (Å²) in [6.45, 7) is 3.26. The number of rotatable bonds is 3. The quantitative estimate of drug-likeness (QED) is 0.730. The number of H-pyrrole nitrogens is 1. The third-order valence-corrected chi connectivity index (χ3v) is 3.11. The summed E-state index contributed by atoms with van der Waals surface area (Å²) in [6.07, 6.45) is 1.26. The molecule has 4 nitrogen and oxygen atoms in total. The number of hydrogen-bond acceptors (Lipinski definition) is 3. The standard InChI is InChI=1S/C12H16N4/c1-2-4-11-10(3-1)15-12(16-11)14-8-9-5-6-13-7-9/h1-4,9,13H,5-8H2,(H2,14,15,16)/t9-/m1/s1. The van der Waals surface area contributed by atoms with Crippen molar-refractivity contribution >= 4 is 17.0 Å². The lowest BCUT2D eigenvalue weighted by molar-refractivity contribution is 0.613. The van der Waals surface area contributed by atoms with E-state index in [1.807, 2.05) is 24.3 Å². The Balaban J connectivity index is 1.69. The summed E-state index contributed by atoms with van der Waals surface area (Å²) in [5.41, 5.74) is 2.11. The van der Waals surface area contributed by atoms with Crippen molar-refractivity contribution in [1.29, 1.82) is 0 Å². The molecule has 1 saturated heterocycles. The van der Waals surface area contributed by atoms with E-state index in [0.29, 0.717) is 0 Å². The number of aromatic nitrogens is 2. The second-order valence-corrected chi connectivity index (χ2v) is 4.34. The second-order valence-electron chi connectivity index (χ2n) is 4.34. The van der Waals surface area contributed by atoms with Gasteiger partial charge < -0.3 is 15.6 Å². The van der Waals surface area contributed by atoms with Gasteiger partial charge in [0.1, 0.15) is 0 Å². The van der Waals surface area contributed by atoms with Crippen LogP contribution < -0.4 is 10.6 Å². The van der Waals surface area contributed by atoms with E-state index >= 15 is 0 Å². The normalized spacial score (nSPS) is 20.4. The summed E-state index contributed by atoms with van der Waals surface area (Å²) >= 11 is 0. The van der Waals surface area contributed by atoms with Crippen molar-refractivity contribution in [2.45, 2.75) is 6.42 Å². The van der Waals surface area contributed by atoms with Crippen molar-refractivity contribution in [2.24, 2.45) is 5.92 Å². The number of imidazole rings is 1. The van der Waals surface area contributed by atoms with Crippen LogP contribution in [0.25, 0.3) is 11.0 Å². The Hall–Kier alpha value is -1.55. The zero-order valence-corrected chi connectivity index (χ0v) is 9.16. The first-order valence-corrected chi connectivity index (χ1v) is 5.81. The highest BCUT2D eigenvalue weighted by Gasteiger charge is 2.14. The zero-order valence-electron chi connectivity index (χ0n) is 9.16. The number of para-hydroxylation sites is 2. The molecule has 1 aliphatic heterocycles. The summed E-state index contributed by atoms with van der Waals surface area (Å²) < 4.78 is 0. The Kier molecular flexibility index (Phi) is 2.50. The van der Waals surface area contributed by atoms with Crippen LogP contribution in [0.5, 0.6) is 0 Å². The van der Waals surface area contributed by atoms with Gasteiger partial charge in [0.2, 0.25) is 5.95 Å². The Bertz CT molecular complexity index is 438. The van der Waals surface area contributed by atoms with Crippen LogP contribution in [0, 0.1) is 5.92 Å². The molecule has 0 saturated carbocycles. The van der Waals surface area contributed by atoms with Crippen molar-refractivity contribution < 1.29 is 0 Å². The fraction of sp³-hybridized carbons (Fsp3) is 0.417. The van der Waals surface area contributed by atoms with Gasteiger partial charge in [-0.3, -0.25) is 0 Å². The molecule has 84 valence electrons. The Labute approximate surface area is 94.5 Å². The molecule has 0 bridgehead atoms. The molecule has 4 heteroatoms. The third kappa shape index (κ3) is 1.88. The van der Waals surface area contributed by atoms with E-state index in [1.54, 1.807) is 0 Å². The van der Waals surface area contributed by atoms with Gasteiger partial charge in [0.05, 0.1) is 11.0 Å². The van der Waals surface area contributed by atoms with Crippen LogP contribution >= 0.6 is 0 Å². The van der Waals surface area contributed by atoms with Crippen molar-refractivity contribution in [3.63, 3.8) is 0 Å². The predicted octanol–water partition coefficient (Wildman–Crippen LogP) is 1.58. The fourth-order valence-electron chi connectivity index (χ4n) is 2.17. The first-order valence-electron chi connectivity index (χ1n) is 5.81. The molecule has 1 atom stereocenters. The molecule has 0 unspecified atom stereocenters. The summed E-state index contributed by atoms with van der Waals surface area (Å²) in [5, 5.41) is 6.73. The van der Waals surface area contributed by atoms with Gasteiger partial charge in [-0.15, -0.1) is 0 Å². The highest BCUT2D eigenvalue weighted by atomic mass is 15.1. The molecule has 1 aliphatic rings. The molecule has 0 spiro atoms. The van der Waals surface area contributed by atoms with Crippen LogP contribution in [-0.2, 0) is 0 Å². The molecule has 1 aromatic heterocycles. The molecular weight excluding hydrogens is 200 g/mol. The SMILES string of the molecule is c1ccc2[nH]c(NC[C@@H]3CCNC3)nc2c1. The topological polar surface area (TPSA) is 52.7 Å². The molecule has 3 rings (SSSR count). The van der Waals surface area contributed by atoms with E-state index in [9.17, 15) is 0 Å². The van der Waals surface area contributed by atoms with Gasteiger partial charge in [0.25, 0.3) is 0 Å². The van der Waals surface area contributed by atoms with Crippen molar-refractivity contribution in [2.75, 3.05) is 25.0 Å². The van der Waals surface area contributed by atoms with Crippen LogP contribution in [0.1, 0.15) is 6.42 Å². The maximum Gasteiger partial charge on any atom is 0.201 e. The molecule has 2 heterocycles. The van der Waals surface area contributed by atoms with Gasteiger partial charge in [0, 0.05) is 6.54 Å². The zero-order chi connectivity index (χ0) is 10.8. The number of nitrogens with one attached hydrogen (secondary N) is 3. The van der Waals surface area contributed by atoms with Crippen LogP contribution in [0.4, 0.5) is 5.95 Å². The number of anilines is 1. The minimum absolute atomic E-state index is 0.730. The molecule has 3 N–H and O–H groups in total. The maximum atomic E-state index is 4.49. The van der Waals surface area contributed by atoms with Crippen molar-refractivity contribution in [1.82, 2.24) is 15.3 Å². The molecule has 1 fully saturated rings. The van der Waals surface area contributed by atoms with E-state index in [-0.39, 0.29) is 0 Å². The van der Waals surface area contributed by atoms with Crippen LogP contribution in [0.15, 0.2) is 24.3 Å². The molecule has 2 aromatic rings. The number of nitrogens with zero attached hydrogens (tertiary/aromatic N) is 1. The van der Waals surface area contributed by atoms with Gasteiger partial charge in [-0.2, -0.15) is 0 Å². The van der Waals surface area contributed by atoms with Crippen molar-refractivity contribution in [3.8, 4) is 0 Å². The third-order valence-electron chi connectivity index (χ3n) is 3.11. The average molecular weight is 216 g/mol. The largest absolute Gasteiger partial charge is 0.355 e. The number of benzene rings is 1. The lowest BCUT2D eigenvalue weighted by atomic mass is 10.1. The first-order chi connectivity index (χ1) is 7.92. The molecule has 0 radical (unpaired) electrons. The molecule has 0 amide bonds. The minimum atomic E-state index is 0.730. The molecule has 16 heavy (non-hydrogen) atoms. The van der Waals surface area contributed by atoms with Gasteiger partial charge in [0.15, 0.2) is 0 Å². The van der Waals surface area contributed by atoms with E-state index in [1.165, 1.54) is 6.42 Å². The van der Waals surface area contributed by atoms with E-state index in [0.717, 1.165) is 42.5 Å². The van der Waals surface area contributed by atoms with Gasteiger partial charge >= 0.3 is 0 Å². The van der Waals surface area contributed by atoms with Crippen LogP contribution in [0.3, 0.4) is 0 Å². The molecular formula is C12H16N4. The van der Waals surface area contributed by atoms with Gasteiger partial charge in [-0.25, -0.2) is 4.98 Å². The molecule has 0 aliphatic carbocycles. The lowest BCUT2D eigenvalue weighted by Gasteiger charge is -2.08. The van der Waals surface area contributed by atoms with Crippen LogP contribution in [0.2, 0.25) is 0 Å². The highest BCUT2D eigenvalue weighted by molar-refractivity contribution is 5.77. The number of aromatic amines is 1. The van der Waals surface area contributed by atoms with Crippen molar-refractivity contribution in [3.05, 3.63) is 24.3 Å². The van der Waals surface area contributed by atoms with E-state index in [4.69, 9.17) is 0 Å². The summed E-state index contributed by atoms with van der Waals surface area (Å²) in [4.78, 5) is 7.76. The Morgan fingerprint density at radius 2 is 2.31 bits per heavy atom. The smallest absolute Gasteiger partial charge is 0.201 e. The van der Waals surface area contributed by atoms with Gasteiger partial charge in [-0.1, -0.05) is 12.1 Å². The average Bonchev–Trinajstić information content (AvgIpc) is 2.95. The molecule has 1 aromatic carbocycles. The summed E-state index contributed by atoms with van der Waals surface area (Å²) in [7, 11) is 0. The van der Waals surface area contributed by atoms with E-state index in [2.05, 4.69) is 20.6 Å². The Morgan fingerprint density at radius 1 is 1.38 bits per heavy atom. The fourth-order valence-corrected chi connectivity index (χ4v) is 2.17. The summed E-state index contributed by atoms with van der Waals surface area (Å²) in [6, 6.07) is 8.10. The van der Waals surface area contributed by atoms with E-state index < -0.39 is 0 Å². The number of fused-ring (bicyclic) bond motifs is 1.